The Bertz CT molecular complexity index is 957. The highest BCUT2D eigenvalue weighted by molar-refractivity contribution is 7.89. The van der Waals surface area contributed by atoms with Crippen molar-refractivity contribution >= 4 is 10.0 Å². The van der Waals surface area contributed by atoms with E-state index in [0.717, 1.165) is 12.1 Å². The maximum Gasteiger partial charge on any atom is 0.243 e. The zero-order chi connectivity index (χ0) is 17.2. The third kappa shape index (κ3) is 3.50. The molecular formula is C16H12F2N2O3S. The predicted molar refractivity (Wildman–Crippen MR) is 82.3 cm³/mol. The van der Waals surface area contributed by atoms with Crippen LogP contribution in [-0.2, 0) is 16.6 Å². The second-order valence-electron chi connectivity index (χ2n) is 4.96. The molecule has 0 spiro atoms. The van der Waals surface area contributed by atoms with E-state index in [1.165, 1.54) is 12.5 Å². The van der Waals surface area contributed by atoms with Crippen LogP contribution in [0.15, 0.2) is 64.4 Å². The van der Waals surface area contributed by atoms with E-state index >= 15 is 0 Å². The molecule has 5 nitrogen and oxygen atoms in total. The number of nitrogens with zero attached hydrogens (tertiary/aromatic N) is 1. The van der Waals surface area contributed by atoms with Crippen molar-refractivity contribution < 1.29 is 21.6 Å². The van der Waals surface area contributed by atoms with Gasteiger partial charge in [-0.15, -0.1) is 0 Å². The lowest BCUT2D eigenvalue weighted by Crippen LogP contribution is -2.24. The Balaban J connectivity index is 1.79. The first-order chi connectivity index (χ1) is 11.5. The number of sulfonamides is 1. The smallest absolute Gasteiger partial charge is 0.243 e. The van der Waals surface area contributed by atoms with Gasteiger partial charge in [0.2, 0.25) is 10.0 Å². The number of halogens is 2. The van der Waals surface area contributed by atoms with Crippen molar-refractivity contribution in [1.29, 1.82) is 0 Å². The van der Waals surface area contributed by atoms with Crippen LogP contribution in [0.4, 0.5) is 8.78 Å². The van der Waals surface area contributed by atoms with Crippen LogP contribution in [0.25, 0.3) is 11.3 Å². The summed E-state index contributed by atoms with van der Waals surface area (Å²) in [7, 11) is -4.12. The lowest BCUT2D eigenvalue weighted by Gasteiger charge is -2.08. The fourth-order valence-electron chi connectivity index (χ4n) is 2.11. The molecule has 8 heteroatoms. The normalized spacial score (nSPS) is 11.6. The summed E-state index contributed by atoms with van der Waals surface area (Å²) >= 11 is 0. The topological polar surface area (TPSA) is 72.2 Å². The third-order valence-electron chi connectivity index (χ3n) is 3.25. The van der Waals surface area contributed by atoms with Crippen LogP contribution in [0.3, 0.4) is 0 Å². The van der Waals surface area contributed by atoms with Gasteiger partial charge in [-0.1, -0.05) is 0 Å². The number of pyridine rings is 1. The van der Waals surface area contributed by atoms with Crippen LogP contribution in [0, 0.1) is 11.6 Å². The highest BCUT2D eigenvalue weighted by Crippen LogP contribution is 2.20. The van der Waals surface area contributed by atoms with E-state index in [4.69, 9.17) is 4.42 Å². The molecule has 0 saturated heterocycles. The summed E-state index contributed by atoms with van der Waals surface area (Å²) in [5, 5.41) is 0. The molecule has 0 aliphatic rings. The highest BCUT2D eigenvalue weighted by Gasteiger charge is 2.19. The van der Waals surface area contributed by atoms with Gasteiger partial charge in [-0.25, -0.2) is 21.9 Å². The average molecular weight is 350 g/mol. The lowest BCUT2D eigenvalue weighted by molar-refractivity contribution is 0.543. The first-order valence-electron chi connectivity index (χ1n) is 6.88. The average Bonchev–Trinajstić information content (AvgIpc) is 3.07. The minimum atomic E-state index is -4.12. The first-order valence-corrected chi connectivity index (χ1v) is 8.36. The van der Waals surface area contributed by atoms with Crippen molar-refractivity contribution in [2.24, 2.45) is 0 Å². The fraction of sp³-hybridized carbons (Fsp3) is 0.0625. The number of hydrogen-bond donors (Lipinski definition) is 1. The summed E-state index contributed by atoms with van der Waals surface area (Å²) < 4.78 is 58.3. The molecule has 0 aliphatic heterocycles. The summed E-state index contributed by atoms with van der Waals surface area (Å²) in [6.07, 6.45) is 4.58. The summed E-state index contributed by atoms with van der Waals surface area (Å²) in [6.45, 7) is -0.0965. The number of rotatable bonds is 5. The number of nitrogens with one attached hydrogen (secondary N) is 1. The molecule has 0 amide bonds. The van der Waals surface area contributed by atoms with Gasteiger partial charge in [-0.2, -0.15) is 0 Å². The fourth-order valence-corrected chi connectivity index (χ4v) is 3.19. The van der Waals surface area contributed by atoms with Crippen molar-refractivity contribution in [1.82, 2.24) is 9.71 Å². The minimum absolute atomic E-state index is 0.0965. The van der Waals surface area contributed by atoms with Gasteiger partial charge in [0.15, 0.2) is 0 Å². The van der Waals surface area contributed by atoms with E-state index in [2.05, 4.69) is 9.71 Å². The zero-order valence-corrected chi connectivity index (χ0v) is 13.1. The van der Waals surface area contributed by atoms with Crippen molar-refractivity contribution in [3.63, 3.8) is 0 Å². The number of furan rings is 1. The number of hydrogen-bond acceptors (Lipinski definition) is 4. The lowest BCUT2D eigenvalue weighted by atomic mass is 10.2. The molecule has 1 aromatic carbocycles. The molecule has 0 saturated carbocycles. The molecule has 0 bridgehead atoms. The second-order valence-corrected chi connectivity index (χ2v) is 6.69. The van der Waals surface area contributed by atoms with E-state index < -0.39 is 26.6 Å². The molecular weight excluding hydrogens is 338 g/mol. The second kappa shape index (κ2) is 6.50. The largest absolute Gasteiger partial charge is 0.464 e. The van der Waals surface area contributed by atoms with Gasteiger partial charge in [0.25, 0.3) is 0 Å². The number of benzene rings is 1. The van der Waals surface area contributed by atoms with Crippen LogP contribution in [0.1, 0.15) is 5.56 Å². The SMILES string of the molecule is O=S(=O)(NCc1cncc(-c2ccco2)c1)c1ccc(F)cc1F. The molecule has 0 radical (unpaired) electrons. The van der Waals surface area contributed by atoms with Gasteiger partial charge < -0.3 is 4.42 Å². The molecule has 1 N–H and O–H groups in total. The van der Waals surface area contributed by atoms with Gasteiger partial charge in [0.1, 0.15) is 22.3 Å². The van der Waals surface area contributed by atoms with Crippen molar-refractivity contribution in [3.8, 4) is 11.3 Å². The zero-order valence-electron chi connectivity index (χ0n) is 12.2. The molecule has 2 aromatic heterocycles. The van der Waals surface area contributed by atoms with E-state index in [0.29, 0.717) is 23.0 Å². The summed E-state index contributed by atoms with van der Waals surface area (Å²) in [6, 6.07) is 7.46. The Morgan fingerprint density at radius 1 is 1.12 bits per heavy atom. The van der Waals surface area contributed by atoms with Gasteiger partial charge in [-0.3, -0.25) is 4.98 Å². The van der Waals surface area contributed by atoms with E-state index in [9.17, 15) is 17.2 Å². The molecule has 24 heavy (non-hydrogen) atoms. The van der Waals surface area contributed by atoms with E-state index in [1.807, 2.05) is 0 Å². The summed E-state index contributed by atoms with van der Waals surface area (Å²) in [5.41, 5.74) is 1.25. The van der Waals surface area contributed by atoms with Gasteiger partial charge in [0.05, 0.1) is 6.26 Å². The molecule has 3 rings (SSSR count). The molecule has 0 atom stereocenters. The molecule has 0 fully saturated rings. The quantitative estimate of drug-likeness (QED) is 0.767. The Labute approximate surface area is 137 Å². The summed E-state index contributed by atoms with van der Waals surface area (Å²) in [4.78, 5) is 3.41. The maximum absolute atomic E-state index is 13.6. The van der Waals surface area contributed by atoms with Crippen molar-refractivity contribution in [2.75, 3.05) is 0 Å². The molecule has 2 heterocycles. The Kier molecular flexibility index (Phi) is 4.41. The standard InChI is InChI=1S/C16H12F2N2O3S/c17-13-3-4-16(14(18)7-13)24(21,22)20-9-11-6-12(10-19-8-11)15-2-1-5-23-15/h1-8,10,20H,9H2. The van der Waals surface area contributed by atoms with Crippen LogP contribution in [0.2, 0.25) is 0 Å². The van der Waals surface area contributed by atoms with Crippen LogP contribution in [0.5, 0.6) is 0 Å². The van der Waals surface area contributed by atoms with Crippen LogP contribution in [-0.4, -0.2) is 13.4 Å². The first kappa shape index (κ1) is 16.3. The Hall–Kier alpha value is -2.58. The van der Waals surface area contributed by atoms with E-state index in [-0.39, 0.29) is 6.54 Å². The minimum Gasteiger partial charge on any atom is -0.464 e. The maximum atomic E-state index is 13.6. The predicted octanol–water partition coefficient (Wildman–Crippen LogP) is 3.10. The third-order valence-corrected chi connectivity index (χ3v) is 4.68. The van der Waals surface area contributed by atoms with Gasteiger partial charge in [-0.05, 0) is 35.9 Å². The summed E-state index contributed by atoms with van der Waals surface area (Å²) in [5.74, 6) is -1.40. The monoisotopic (exact) mass is 350 g/mol. The van der Waals surface area contributed by atoms with E-state index in [1.54, 1.807) is 24.4 Å². The van der Waals surface area contributed by atoms with Gasteiger partial charge >= 0.3 is 0 Å². The molecule has 124 valence electrons. The van der Waals surface area contributed by atoms with Crippen molar-refractivity contribution in [2.45, 2.75) is 11.4 Å². The molecule has 0 aliphatic carbocycles. The number of aromatic nitrogens is 1. The Morgan fingerprint density at radius 2 is 1.96 bits per heavy atom. The molecule has 0 unspecified atom stereocenters. The van der Waals surface area contributed by atoms with Crippen LogP contribution >= 0.6 is 0 Å². The van der Waals surface area contributed by atoms with Crippen LogP contribution < -0.4 is 4.72 Å². The highest BCUT2D eigenvalue weighted by atomic mass is 32.2. The molecule has 3 aromatic rings. The Morgan fingerprint density at radius 3 is 2.67 bits per heavy atom. The van der Waals surface area contributed by atoms with Gasteiger partial charge in [0, 0.05) is 30.6 Å². The van der Waals surface area contributed by atoms with Crippen molar-refractivity contribution in [3.05, 3.63) is 72.3 Å².